The van der Waals surface area contributed by atoms with Gasteiger partial charge < -0.3 is 10.2 Å². The number of carbonyl (C=O) groups excluding carboxylic acids is 1. The molecule has 0 amide bonds. The topological polar surface area (TPSA) is 57.5 Å². The molecule has 16 heavy (non-hydrogen) atoms. The van der Waals surface area contributed by atoms with E-state index in [1.54, 1.807) is 6.08 Å². The smallest absolute Gasteiger partial charge is 0.152 e. The third-order valence-electron chi connectivity index (χ3n) is 3.78. The van der Waals surface area contributed by atoms with Gasteiger partial charge in [0, 0.05) is 0 Å². The number of rotatable bonds is 2. The Morgan fingerprint density at radius 3 is 2.44 bits per heavy atom. The molecule has 92 valence electrons. The molecule has 0 saturated heterocycles. The van der Waals surface area contributed by atoms with Gasteiger partial charge in [0.1, 0.15) is 0 Å². The molecule has 2 N–H and O–H groups in total. The van der Waals surface area contributed by atoms with Gasteiger partial charge >= 0.3 is 0 Å². The molecule has 0 aromatic carbocycles. The van der Waals surface area contributed by atoms with Crippen molar-refractivity contribution in [1.29, 1.82) is 0 Å². The number of hydrogen-bond acceptors (Lipinski definition) is 3. The van der Waals surface area contributed by atoms with Crippen LogP contribution in [0.2, 0.25) is 0 Å². The summed E-state index contributed by atoms with van der Waals surface area (Å²) in [7, 11) is 0. The molecule has 1 rings (SSSR count). The summed E-state index contributed by atoms with van der Waals surface area (Å²) < 4.78 is 0. The first kappa shape index (κ1) is 13.4. The molecule has 3 atom stereocenters. The van der Waals surface area contributed by atoms with E-state index >= 15 is 0 Å². The van der Waals surface area contributed by atoms with E-state index in [-0.39, 0.29) is 17.8 Å². The molecule has 0 radical (unpaired) electrons. The molecule has 0 aromatic rings. The van der Waals surface area contributed by atoms with Crippen molar-refractivity contribution in [2.45, 2.75) is 52.2 Å². The Bertz CT molecular complexity index is 306. The summed E-state index contributed by atoms with van der Waals surface area (Å²) in [5, 5.41) is 20.4. The van der Waals surface area contributed by atoms with Crippen LogP contribution in [0.5, 0.6) is 0 Å². The lowest BCUT2D eigenvalue weighted by atomic mass is 9.60. The molecule has 1 fully saturated rings. The summed E-state index contributed by atoms with van der Waals surface area (Å²) in [6, 6.07) is 0. The van der Waals surface area contributed by atoms with Gasteiger partial charge in [-0.15, -0.1) is 0 Å². The fraction of sp³-hybridized carbons (Fsp3) is 0.769. The molecule has 1 saturated carbocycles. The third kappa shape index (κ3) is 2.36. The maximum Gasteiger partial charge on any atom is 0.152 e. The van der Waals surface area contributed by atoms with Crippen molar-refractivity contribution in [3.63, 3.8) is 0 Å². The zero-order chi connectivity index (χ0) is 12.6. The molecule has 0 aliphatic heterocycles. The average Bonchev–Trinajstić information content (AvgIpc) is 2.10. The van der Waals surface area contributed by atoms with Gasteiger partial charge in [0.05, 0.1) is 11.7 Å². The molecule has 3 heteroatoms. The second-order valence-corrected chi connectivity index (χ2v) is 5.65. The number of carbonyl (C=O) groups is 1. The van der Waals surface area contributed by atoms with Gasteiger partial charge in [-0.25, -0.2) is 0 Å². The van der Waals surface area contributed by atoms with Crippen LogP contribution >= 0.6 is 0 Å². The number of aliphatic hydroxyl groups is 2. The number of aliphatic hydroxyl groups excluding tert-OH is 1. The lowest BCUT2D eigenvalue weighted by Crippen LogP contribution is -2.54. The van der Waals surface area contributed by atoms with Crippen molar-refractivity contribution in [3.05, 3.63) is 12.2 Å². The Morgan fingerprint density at radius 2 is 2.00 bits per heavy atom. The van der Waals surface area contributed by atoms with E-state index in [4.69, 9.17) is 0 Å². The van der Waals surface area contributed by atoms with Crippen molar-refractivity contribution < 1.29 is 15.0 Å². The lowest BCUT2D eigenvalue weighted by Gasteiger charge is -2.50. The monoisotopic (exact) mass is 226 g/mol. The quantitative estimate of drug-likeness (QED) is 0.704. The highest BCUT2D eigenvalue weighted by molar-refractivity contribution is 5.87. The molecule has 0 heterocycles. The van der Waals surface area contributed by atoms with E-state index in [1.807, 2.05) is 20.8 Å². The molecule has 1 aliphatic rings. The Hall–Kier alpha value is -0.670. The first-order valence-electron chi connectivity index (χ1n) is 5.79. The van der Waals surface area contributed by atoms with Crippen LogP contribution in [0.4, 0.5) is 0 Å². The van der Waals surface area contributed by atoms with Crippen LogP contribution in [-0.2, 0) is 4.79 Å². The van der Waals surface area contributed by atoms with Gasteiger partial charge in [-0.1, -0.05) is 20.8 Å². The Labute approximate surface area is 97.2 Å². The standard InChI is InChI=1S/C13H22O3/c1-9-7-11(15)8-12(3,4)13(9,16)6-5-10(2)14/h5-6,9,11,15-16H,7-8H2,1-4H3/b6-5+/t9-,11+,13-/m0/s1. The van der Waals surface area contributed by atoms with Crippen LogP contribution < -0.4 is 0 Å². The van der Waals surface area contributed by atoms with Crippen LogP contribution in [-0.4, -0.2) is 27.7 Å². The van der Waals surface area contributed by atoms with Crippen LogP contribution in [0.1, 0.15) is 40.5 Å². The zero-order valence-corrected chi connectivity index (χ0v) is 10.5. The molecule has 1 aliphatic carbocycles. The second kappa shape index (κ2) is 4.30. The molecule has 0 unspecified atom stereocenters. The Morgan fingerprint density at radius 1 is 1.44 bits per heavy atom. The van der Waals surface area contributed by atoms with Gasteiger partial charge in [0.25, 0.3) is 0 Å². The lowest BCUT2D eigenvalue weighted by molar-refractivity contribution is -0.128. The van der Waals surface area contributed by atoms with Crippen molar-refractivity contribution in [1.82, 2.24) is 0 Å². The predicted molar refractivity (Wildman–Crippen MR) is 63.0 cm³/mol. The van der Waals surface area contributed by atoms with Crippen LogP contribution in [0, 0.1) is 11.3 Å². The second-order valence-electron chi connectivity index (χ2n) is 5.65. The largest absolute Gasteiger partial charge is 0.393 e. The van der Waals surface area contributed by atoms with E-state index in [0.717, 1.165) is 0 Å². The predicted octanol–water partition coefficient (Wildman–Crippen LogP) is 1.68. The average molecular weight is 226 g/mol. The Kier molecular flexibility index (Phi) is 3.60. The molecule has 0 aromatic heterocycles. The maximum atomic E-state index is 11.0. The van der Waals surface area contributed by atoms with Crippen molar-refractivity contribution in [3.8, 4) is 0 Å². The van der Waals surface area contributed by atoms with Gasteiger partial charge in [-0.3, -0.25) is 4.79 Å². The number of hydrogen-bond donors (Lipinski definition) is 2. The first-order valence-corrected chi connectivity index (χ1v) is 5.79. The van der Waals surface area contributed by atoms with Crippen molar-refractivity contribution in [2.24, 2.45) is 11.3 Å². The fourth-order valence-corrected chi connectivity index (χ4v) is 2.72. The highest BCUT2D eigenvalue weighted by Crippen LogP contribution is 2.47. The summed E-state index contributed by atoms with van der Waals surface area (Å²) in [5.41, 5.74) is -1.44. The summed E-state index contributed by atoms with van der Waals surface area (Å²) in [6.07, 6.45) is 3.79. The highest BCUT2D eigenvalue weighted by Gasteiger charge is 2.50. The number of allylic oxidation sites excluding steroid dienone is 1. The molecule has 3 nitrogen and oxygen atoms in total. The third-order valence-corrected chi connectivity index (χ3v) is 3.78. The van der Waals surface area contributed by atoms with E-state index in [9.17, 15) is 15.0 Å². The fourth-order valence-electron chi connectivity index (χ4n) is 2.72. The highest BCUT2D eigenvalue weighted by atomic mass is 16.3. The van der Waals surface area contributed by atoms with Gasteiger partial charge in [-0.2, -0.15) is 0 Å². The number of ketones is 1. The normalized spacial score (nSPS) is 38.9. The summed E-state index contributed by atoms with van der Waals surface area (Å²) in [6.45, 7) is 7.23. The summed E-state index contributed by atoms with van der Waals surface area (Å²) in [4.78, 5) is 11.0. The van der Waals surface area contributed by atoms with Crippen LogP contribution in [0.15, 0.2) is 12.2 Å². The zero-order valence-electron chi connectivity index (χ0n) is 10.5. The van der Waals surface area contributed by atoms with Gasteiger partial charge in [0.15, 0.2) is 5.78 Å². The molecule has 0 bridgehead atoms. The van der Waals surface area contributed by atoms with Gasteiger partial charge in [-0.05, 0) is 43.3 Å². The van der Waals surface area contributed by atoms with Crippen LogP contribution in [0.25, 0.3) is 0 Å². The summed E-state index contributed by atoms with van der Waals surface area (Å²) in [5.74, 6) is -0.121. The van der Waals surface area contributed by atoms with Crippen molar-refractivity contribution in [2.75, 3.05) is 0 Å². The molecular weight excluding hydrogens is 204 g/mol. The van der Waals surface area contributed by atoms with Gasteiger partial charge in [0.2, 0.25) is 0 Å². The maximum absolute atomic E-state index is 11.0. The van der Waals surface area contributed by atoms with E-state index in [0.29, 0.717) is 12.8 Å². The summed E-state index contributed by atoms with van der Waals surface area (Å²) >= 11 is 0. The minimum atomic E-state index is -1.02. The minimum absolute atomic E-state index is 0.0538. The van der Waals surface area contributed by atoms with E-state index < -0.39 is 11.0 Å². The molecular formula is C13H22O3. The van der Waals surface area contributed by atoms with Crippen LogP contribution in [0.3, 0.4) is 0 Å². The van der Waals surface area contributed by atoms with E-state index in [2.05, 4.69) is 0 Å². The van der Waals surface area contributed by atoms with E-state index in [1.165, 1.54) is 13.0 Å². The van der Waals surface area contributed by atoms with Crippen molar-refractivity contribution >= 4 is 5.78 Å². The first-order chi connectivity index (χ1) is 7.19. The Balaban J connectivity index is 3.02. The SMILES string of the molecule is CC(=O)/C=C/[C@]1(O)[C@@H](C)C[C@@H](O)CC1(C)C. The minimum Gasteiger partial charge on any atom is -0.393 e. The molecule has 0 spiro atoms.